The van der Waals surface area contributed by atoms with Crippen molar-refractivity contribution in [1.82, 2.24) is 15.5 Å². The molecule has 0 aromatic carbocycles. The molecule has 0 spiro atoms. The van der Waals surface area contributed by atoms with Crippen molar-refractivity contribution in [2.75, 3.05) is 26.2 Å². The van der Waals surface area contributed by atoms with Gasteiger partial charge in [0.05, 0.1) is 6.04 Å². The van der Waals surface area contributed by atoms with E-state index in [0.29, 0.717) is 19.4 Å². The third-order valence-corrected chi connectivity index (χ3v) is 5.47. The van der Waals surface area contributed by atoms with Gasteiger partial charge in [-0.2, -0.15) is 0 Å². The molecular weight excluding hydrogens is 368 g/mol. The first-order valence-corrected chi connectivity index (χ1v) is 11.6. The third kappa shape index (κ3) is 12.5. The highest BCUT2D eigenvalue weighted by atomic mass is 16.2. The van der Waals surface area contributed by atoms with Crippen LogP contribution in [0.5, 0.6) is 0 Å². The number of rotatable bonds is 17. The molecule has 0 bridgehead atoms. The van der Waals surface area contributed by atoms with Crippen molar-refractivity contribution in [1.29, 1.82) is 0 Å². The van der Waals surface area contributed by atoms with E-state index in [1.54, 1.807) is 0 Å². The van der Waals surface area contributed by atoms with Gasteiger partial charge in [0.15, 0.2) is 0 Å². The van der Waals surface area contributed by atoms with Crippen LogP contribution in [0.1, 0.15) is 90.4 Å². The highest BCUT2D eigenvalue weighted by Crippen LogP contribution is 2.12. The fraction of sp³-hybridized carbons (Fsp3) is 0.864. The van der Waals surface area contributed by atoms with Gasteiger partial charge in [-0.25, -0.2) is 0 Å². The maximum Gasteiger partial charge on any atom is 0.239 e. The predicted octanol–water partition coefficient (Wildman–Crippen LogP) is 2.48. The van der Waals surface area contributed by atoms with Crippen molar-refractivity contribution < 1.29 is 14.4 Å². The molecule has 29 heavy (non-hydrogen) atoms. The van der Waals surface area contributed by atoms with Crippen LogP contribution in [0.15, 0.2) is 0 Å². The first kappa shape index (κ1) is 25.4. The Labute approximate surface area is 176 Å². The summed E-state index contributed by atoms with van der Waals surface area (Å²) in [6.07, 6.45) is 12.0. The SMILES string of the molecule is CCCCCCCNC(=O)CCCCCNC(CCC(N)=O)C(=O)N1CCCC1. The summed E-state index contributed by atoms with van der Waals surface area (Å²) < 4.78 is 0. The van der Waals surface area contributed by atoms with Crippen LogP contribution in [0, 0.1) is 0 Å². The van der Waals surface area contributed by atoms with Crippen LogP contribution < -0.4 is 16.4 Å². The number of nitrogens with one attached hydrogen (secondary N) is 2. The molecule has 1 heterocycles. The van der Waals surface area contributed by atoms with Gasteiger partial charge in [-0.1, -0.05) is 39.0 Å². The van der Waals surface area contributed by atoms with Crippen molar-refractivity contribution in [3.63, 3.8) is 0 Å². The maximum absolute atomic E-state index is 12.6. The summed E-state index contributed by atoms with van der Waals surface area (Å²) in [5.41, 5.74) is 5.25. The zero-order valence-electron chi connectivity index (χ0n) is 18.3. The fourth-order valence-electron chi connectivity index (χ4n) is 3.67. The highest BCUT2D eigenvalue weighted by Gasteiger charge is 2.26. The van der Waals surface area contributed by atoms with E-state index >= 15 is 0 Å². The molecule has 1 fully saturated rings. The molecule has 7 nitrogen and oxygen atoms in total. The van der Waals surface area contributed by atoms with Crippen molar-refractivity contribution in [2.24, 2.45) is 5.73 Å². The summed E-state index contributed by atoms with van der Waals surface area (Å²) in [6, 6.07) is -0.336. The Morgan fingerprint density at radius 1 is 0.897 bits per heavy atom. The van der Waals surface area contributed by atoms with Gasteiger partial charge >= 0.3 is 0 Å². The second kappa shape index (κ2) is 16.2. The monoisotopic (exact) mass is 410 g/mol. The van der Waals surface area contributed by atoms with Gasteiger partial charge in [0.25, 0.3) is 0 Å². The average molecular weight is 411 g/mol. The zero-order valence-corrected chi connectivity index (χ0v) is 18.3. The first-order valence-electron chi connectivity index (χ1n) is 11.6. The van der Waals surface area contributed by atoms with Gasteiger partial charge < -0.3 is 21.3 Å². The Morgan fingerprint density at radius 3 is 2.24 bits per heavy atom. The topological polar surface area (TPSA) is 105 Å². The number of hydrogen-bond acceptors (Lipinski definition) is 4. The van der Waals surface area contributed by atoms with Crippen LogP contribution in [0.25, 0.3) is 0 Å². The molecular formula is C22H42N4O3. The Kier molecular flexibility index (Phi) is 14.2. The number of nitrogens with zero attached hydrogens (tertiary/aromatic N) is 1. The number of likely N-dealkylation sites (tertiary alicyclic amines) is 1. The number of primary amides is 1. The highest BCUT2D eigenvalue weighted by molar-refractivity contribution is 5.83. The van der Waals surface area contributed by atoms with Crippen LogP contribution in [0.2, 0.25) is 0 Å². The van der Waals surface area contributed by atoms with Gasteiger partial charge in [0.2, 0.25) is 17.7 Å². The van der Waals surface area contributed by atoms with Crippen LogP contribution in [0.3, 0.4) is 0 Å². The molecule has 1 aliphatic heterocycles. The summed E-state index contributed by atoms with van der Waals surface area (Å²) in [5.74, 6) is -0.151. The lowest BCUT2D eigenvalue weighted by Crippen LogP contribution is -2.46. The minimum Gasteiger partial charge on any atom is -0.370 e. The molecule has 0 aliphatic carbocycles. The molecule has 4 N–H and O–H groups in total. The molecule has 168 valence electrons. The van der Waals surface area contributed by atoms with E-state index in [0.717, 1.165) is 58.2 Å². The minimum absolute atomic E-state index is 0.0852. The van der Waals surface area contributed by atoms with E-state index in [4.69, 9.17) is 5.73 Å². The maximum atomic E-state index is 12.6. The molecule has 1 rings (SSSR count). The summed E-state index contributed by atoms with van der Waals surface area (Å²) in [5, 5.41) is 6.29. The summed E-state index contributed by atoms with van der Waals surface area (Å²) >= 11 is 0. The van der Waals surface area contributed by atoms with Gasteiger partial charge in [0, 0.05) is 32.5 Å². The zero-order chi connectivity index (χ0) is 21.3. The normalized spacial score (nSPS) is 14.7. The second-order valence-corrected chi connectivity index (χ2v) is 8.12. The standard InChI is InChI=1S/C22H42N4O3/c1-2-3-4-5-8-16-25-21(28)12-7-6-9-15-24-19(13-14-20(23)27)22(29)26-17-10-11-18-26/h19,24H,2-18H2,1H3,(H2,23,27)(H,25,28). The molecule has 1 aliphatic rings. The number of nitrogens with two attached hydrogens (primary N) is 1. The predicted molar refractivity (Wildman–Crippen MR) is 116 cm³/mol. The largest absolute Gasteiger partial charge is 0.370 e. The van der Waals surface area contributed by atoms with Crippen LogP contribution in [-0.2, 0) is 14.4 Å². The molecule has 0 saturated carbocycles. The van der Waals surface area contributed by atoms with E-state index in [9.17, 15) is 14.4 Å². The number of carbonyl (C=O) groups excluding carboxylic acids is 3. The van der Waals surface area contributed by atoms with Gasteiger partial charge in [-0.3, -0.25) is 14.4 Å². The quantitative estimate of drug-likeness (QED) is 0.320. The molecule has 1 unspecified atom stereocenters. The molecule has 1 atom stereocenters. The molecule has 0 aromatic rings. The van der Waals surface area contributed by atoms with Crippen LogP contribution in [-0.4, -0.2) is 54.8 Å². The Bertz CT molecular complexity index is 479. The molecule has 1 saturated heterocycles. The first-order chi connectivity index (χ1) is 14.0. The van der Waals surface area contributed by atoms with Crippen LogP contribution in [0.4, 0.5) is 0 Å². The lowest BCUT2D eigenvalue weighted by molar-refractivity contribution is -0.132. The number of unbranched alkanes of at least 4 members (excludes halogenated alkanes) is 6. The molecule has 7 heteroatoms. The van der Waals surface area contributed by atoms with Gasteiger partial charge in [0.1, 0.15) is 0 Å². The van der Waals surface area contributed by atoms with Crippen molar-refractivity contribution in [3.05, 3.63) is 0 Å². The Hall–Kier alpha value is -1.63. The third-order valence-electron chi connectivity index (χ3n) is 5.47. The van der Waals surface area contributed by atoms with E-state index in [1.165, 1.54) is 25.7 Å². The minimum atomic E-state index is -0.373. The lowest BCUT2D eigenvalue weighted by atomic mass is 10.1. The van der Waals surface area contributed by atoms with Crippen molar-refractivity contribution in [2.45, 2.75) is 96.4 Å². The van der Waals surface area contributed by atoms with Crippen molar-refractivity contribution in [3.8, 4) is 0 Å². The number of hydrogen-bond donors (Lipinski definition) is 3. The Morgan fingerprint density at radius 2 is 1.55 bits per heavy atom. The fourth-order valence-corrected chi connectivity index (χ4v) is 3.67. The summed E-state index contributed by atoms with van der Waals surface area (Å²) in [6.45, 7) is 5.30. The van der Waals surface area contributed by atoms with E-state index in [2.05, 4.69) is 17.6 Å². The summed E-state index contributed by atoms with van der Waals surface area (Å²) in [7, 11) is 0. The number of amides is 3. The number of carbonyl (C=O) groups is 3. The second-order valence-electron chi connectivity index (χ2n) is 8.12. The van der Waals surface area contributed by atoms with E-state index in [1.807, 2.05) is 4.90 Å². The average Bonchev–Trinajstić information content (AvgIpc) is 3.23. The van der Waals surface area contributed by atoms with Crippen LogP contribution >= 0.6 is 0 Å². The summed E-state index contributed by atoms with van der Waals surface area (Å²) in [4.78, 5) is 37.4. The lowest BCUT2D eigenvalue weighted by Gasteiger charge is -2.24. The van der Waals surface area contributed by atoms with Gasteiger partial charge in [-0.15, -0.1) is 0 Å². The van der Waals surface area contributed by atoms with Gasteiger partial charge in [-0.05, 0) is 45.1 Å². The Balaban J connectivity index is 2.12. The molecule has 3 amide bonds. The molecule has 0 aromatic heterocycles. The van der Waals surface area contributed by atoms with Crippen molar-refractivity contribution >= 4 is 17.7 Å². The molecule has 0 radical (unpaired) electrons. The van der Waals surface area contributed by atoms with E-state index < -0.39 is 0 Å². The van der Waals surface area contributed by atoms with E-state index in [-0.39, 0.29) is 30.2 Å². The smallest absolute Gasteiger partial charge is 0.239 e.